The van der Waals surface area contributed by atoms with Crippen LogP contribution in [0.4, 0.5) is 0 Å². The first-order valence-corrected chi connectivity index (χ1v) is 6.73. The fourth-order valence-corrected chi connectivity index (χ4v) is 2.68. The molecule has 1 aromatic rings. The van der Waals surface area contributed by atoms with Crippen LogP contribution in [0.5, 0.6) is 5.75 Å². The van der Waals surface area contributed by atoms with Gasteiger partial charge < -0.3 is 15.0 Å². The topological polar surface area (TPSA) is 24.5 Å². The van der Waals surface area contributed by atoms with Crippen molar-refractivity contribution in [1.82, 2.24) is 10.2 Å². The van der Waals surface area contributed by atoms with Gasteiger partial charge in [0.1, 0.15) is 5.75 Å². The Hall–Kier alpha value is -0.770. The smallest absolute Gasteiger partial charge is 0.137 e. The van der Waals surface area contributed by atoms with Crippen molar-refractivity contribution in [3.05, 3.63) is 28.3 Å². The van der Waals surface area contributed by atoms with Crippen LogP contribution in [0, 0.1) is 6.92 Å². The van der Waals surface area contributed by atoms with Crippen LogP contribution in [0.2, 0.25) is 5.02 Å². The lowest BCUT2D eigenvalue weighted by Gasteiger charge is -2.33. The van der Waals surface area contributed by atoms with Crippen LogP contribution in [-0.2, 0) is 6.42 Å². The Labute approximate surface area is 114 Å². The lowest BCUT2D eigenvalue weighted by molar-refractivity contribution is 0.199. The van der Waals surface area contributed by atoms with Crippen molar-refractivity contribution in [3.63, 3.8) is 0 Å². The van der Waals surface area contributed by atoms with Crippen LogP contribution in [0.25, 0.3) is 0 Å². The van der Waals surface area contributed by atoms with Gasteiger partial charge in [-0.15, -0.1) is 0 Å². The zero-order valence-corrected chi connectivity index (χ0v) is 12.0. The number of nitrogens with zero attached hydrogens (tertiary/aromatic N) is 1. The van der Waals surface area contributed by atoms with E-state index in [1.54, 1.807) is 7.11 Å². The Morgan fingerprint density at radius 2 is 2.28 bits per heavy atom. The van der Waals surface area contributed by atoms with Crippen LogP contribution < -0.4 is 10.1 Å². The molecule has 4 heteroatoms. The molecule has 0 spiro atoms. The number of halogens is 1. The van der Waals surface area contributed by atoms with E-state index in [2.05, 4.69) is 24.2 Å². The summed E-state index contributed by atoms with van der Waals surface area (Å²) in [6.45, 7) is 5.34. The Kier molecular flexibility index (Phi) is 4.49. The zero-order chi connectivity index (χ0) is 13.1. The summed E-state index contributed by atoms with van der Waals surface area (Å²) >= 11 is 6.20. The molecule has 100 valence electrons. The molecule has 1 unspecified atom stereocenters. The number of hydrogen-bond donors (Lipinski definition) is 1. The Bertz CT molecular complexity index is 423. The first-order valence-electron chi connectivity index (χ1n) is 6.35. The summed E-state index contributed by atoms with van der Waals surface area (Å²) in [7, 11) is 3.84. The second-order valence-electron chi connectivity index (χ2n) is 4.96. The molecule has 18 heavy (non-hydrogen) atoms. The number of aryl methyl sites for hydroxylation is 1. The molecule has 1 heterocycles. The number of ether oxygens (including phenoxy) is 1. The summed E-state index contributed by atoms with van der Waals surface area (Å²) in [6.07, 6.45) is 1.03. The van der Waals surface area contributed by atoms with Crippen LogP contribution in [-0.4, -0.2) is 44.7 Å². The molecule has 1 aliphatic rings. The molecule has 1 aliphatic heterocycles. The molecule has 1 N–H and O–H groups in total. The van der Waals surface area contributed by atoms with Gasteiger partial charge in [0, 0.05) is 25.7 Å². The van der Waals surface area contributed by atoms with E-state index in [0.717, 1.165) is 31.8 Å². The minimum Gasteiger partial charge on any atom is -0.495 e. The van der Waals surface area contributed by atoms with Crippen LogP contribution in [0.3, 0.4) is 0 Å². The number of nitrogens with one attached hydrogen (secondary N) is 1. The highest BCUT2D eigenvalue weighted by Gasteiger charge is 2.20. The van der Waals surface area contributed by atoms with Gasteiger partial charge in [0.05, 0.1) is 12.1 Å². The Balaban J connectivity index is 2.15. The third-order valence-electron chi connectivity index (χ3n) is 3.71. The van der Waals surface area contributed by atoms with Crippen molar-refractivity contribution in [2.24, 2.45) is 0 Å². The standard InChI is InChI=1S/C14H21ClN2O/c1-10-6-14(18-3)13(15)8-11(10)7-12-9-16-4-5-17(12)2/h6,8,12,16H,4-5,7,9H2,1-3H3. The van der Waals surface area contributed by atoms with E-state index in [4.69, 9.17) is 16.3 Å². The van der Waals surface area contributed by atoms with Gasteiger partial charge in [0.2, 0.25) is 0 Å². The van der Waals surface area contributed by atoms with Crippen LogP contribution >= 0.6 is 11.6 Å². The molecule has 0 amide bonds. The molecule has 1 aromatic carbocycles. The number of methoxy groups -OCH3 is 1. The summed E-state index contributed by atoms with van der Waals surface area (Å²) < 4.78 is 5.24. The predicted molar refractivity (Wildman–Crippen MR) is 75.7 cm³/mol. The molecule has 3 nitrogen and oxygen atoms in total. The first-order chi connectivity index (χ1) is 8.61. The van der Waals surface area contributed by atoms with Gasteiger partial charge in [-0.2, -0.15) is 0 Å². The lowest BCUT2D eigenvalue weighted by Crippen LogP contribution is -2.50. The highest BCUT2D eigenvalue weighted by Crippen LogP contribution is 2.28. The van der Waals surface area contributed by atoms with E-state index < -0.39 is 0 Å². The lowest BCUT2D eigenvalue weighted by atomic mass is 9.99. The quantitative estimate of drug-likeness (QED) is 0.909. The molecule has 0 saturated carbocycles. The van der Waals surface area contributed by atoms with Gasteiger partial charge in [-0.1, -0.05) is 11.6 Å². The van der Waals surface area contributed by atoms with Gasteiger partial charge in [0.15, 0.2) is 0 Å². The monoisotopic (exact) mass is 268 g/mol. The number of hydrogen-bond acceptors (Lipinski definition) is 3. The Morgan fingerprint density at radius 1 is 1.50 bits per heavy atom. The van der Waals surface area contributed by atoms with Crippen molar-refractivity contribution in [2.75, 3.05) is 33.8 Å². The molecule has 0 aliphatic carbocycles. The van der Waals surface area contributed by atoms with Crippen molar-refractivity contribution >= 4 is 11.6 Å². The first kappa shape index (κ1) is 13.7. The highest BCUT2D eigenvalue weighted by atomic mass is 35.5. The largest absolute Gasteiger partial charge is 0.495 e. The average molecular weight is 269 g/mol. The predicted octanol–water partition coefficient (Wildman–Crippen LogP) is 2.10. The summed E-state index contributed by atoms with van der Waals surface area (Å²) in [4.78, 5) is 2.41. The summed E-state index contributed by atoms with van der Waals surface area (Å²) in [6, 6.07) is 4.61. The summed E-state index contributed by atoms with van der Waals surface area (Å²) in [5.41, 5.74) is 2.55. The molecular formula is C14H21ClN2O. The van der Waals surface area contributed by atoms with Gasteiger partial charge in [-0.3, -0.25) is 0 Å². The van der Waals surface area contributed by atoms with Crippen molar-refractivity contribution in [1.29, 1.82) is 0 Å². The van der Waals surface area contributed by atoms with E-state index in [-0.39, 0.29) is 0 Å². The number of benzene rings is 1. The fourth-order valence-electron chi connectivity index (χ4n) is 2.42. The second-order valence-corrected chi connectivity index (χ2v) is 5.36. The minimum atomic E-state index is 0.543. The minimum absolute atomic E-state index is 0.543. The number of likely N-dealkylation sites (N-methyl/N-ethyl adjacent to an activating group) is 1. The third kappa shape index (κ3) is 2.97. The maximum Gasteiger partial charge on any atom is 0.137 e. The van der Waals surface area contributed by atoms with Gasteiger partial charge in [-0.05, 0) is 43.7 Å². The maximum atomic E-state index is 6.20. The normalized spacial score (nSPS) is 21.0. The third-order valence-corrected chi connectivity index (χ3v) is 4.01. The van der Waals surface area contributed by atoms with E-state index in [9.17, 15) is 0 Å². The van der Waals surface area contributed by atoms with Crippen LogP contribution in [0.1, 0.15) is 11.1 Å². The molecule has 0 bridgehead atoms. The van der Waals surface area contributed by atoms with Gasteiger partial charge in [0.25, 0.3) is 0 Å². The zero-order valence-electron chi connectivity index (χ0n) is 11.3. The molecule has 1 fully saturated rings. The number of piperazine rings is 1. The van der Waals surface area contributed by atoms with E-state index >= 15 is 0 Å². The van der Waals surface area contributed by atoms with Crippen molar-refractivity contribution in [2.45, 2.75) is 19.4 Å². The van der Waals surface area contributed by atoms with E-state index in [1.807, 2.05) is 12.1 Å². The fraction of sp³-hybridized carbons (Fsp3) is 0.571. The molecule has 1 saturated heterocycles. The van der Waals surface area contributed by atoms with Gasteiger partial charge >= 0.3 is 0 Å². The highest BCUT2D eigenvalue weighted by molar-refractivity contribution is 6.32. The van der Waals surface area contributed by atoms with Crippen LogP contribution in [0.15, 0.2) is 12.1 Å². The average Bonchev–Trinajstić information content (AvgIpc) is 2.36. The molecule has 0 aromatic heterocycles. The number of rotatable bonds is 3. The second kappa shape index (κ2) is 5.91. The molecule has 1 atom stereocenters. The van der Waals surface area contributed by atoms with Crippen molar-refractivity contribution < 1.29 is 4.74 Å². The SMILES string of the molecule is COc1cc(C)c(CC2CNCCN2C)cc1Cl. The molecule has 0 radical (unpaired) electrons. The van der Waals surface area contributed by atoms with Crippen molar-refractivity contribution in [3.8, 4) is 5.75 Å². The van der Waals surface area contributed by atoms with E-state index in [1.165, 1.54) is 11.1 Å². The maximum absolute atomic E-state index is 6.20. The van der Waals surface area contributed by atoms with Gasteiger partial charge in [-0.25, -0.2) is 0 Å². The summed E-state index contributed by atoms with van der Waals surface area (Å²) in [5, 5.41) is 4.14. The summed E-state index contributed by atoms with van der Waals surface area (Å²) in [5.74, 6) is 0.757. The Morgan fingerprint density at radius 3 is 2.94 bits per heavy atom. The van der Waals surface area contributed by atoms with E-state index in [0.29, 0.717) is 11.1 Å². The molecule has 2 rings (SSSR count). The molecular weight excluding hydrogens is 248 g/mol.